The van der Waals surface area contributed by atoms with Crippen molar-refractivity contribution in [2.45, 2.75) is 24.9 Å². The summed E-state index contributed by atoms with van der Waals surface area (Å²) in [6.07, 6.45) is 2.40. The van der Waals surface area contributed by atoms with Gasteiger partial charge >= 0.3 is 12.1 Å². The fourth-order valence-corrected chi connectivity index (χ4v) is 3.45. The van der Waals surface area contributed by atoms with Gasteiger partial charge in [-0.25, -0.2) is 22.8 Å². The van der Waals surface area contributed by atoms with Crippen LogP contribution in [0.15, 0.2) is 18.2 Å². The predicted molar refractivity (Wildman–Crippen MR) is 93.9 cm³/mol. The van der Waals surface area contributed by atoms with Crippen molar-refractivity contribution >= 4 is 24.0 Å². The number of esters is 1. The number of amides is 2. The molecule has 7 nitrogen and oxygen atoms in total. The first-order valence-corrected chi connectivity index (χ1v) is 8.97. The van der Waals surface area contributed by atoms with Gasteiger partial charge in [0.05, 0.1) is 7.11 Å². The number of benzene rings is 1. The minimum absolute atomic E-state index is 0.0762. The van der Waals surface area contributed by atoms with Crippen molar-refractivity contribution < 1.29 is 37.0 Å². The van der Waals surface area contributed by atoms with Crippen LogP contribution in [0.3, 0.4) is 0 Å². The molecule has 1 atom stereocenters. The standard InChI is InChI=1S/C19H19F3N2O5/c1-28-18(26)14-10-29-19(27)24(14)12-6-8-23(9-7-12)15(25)5-3-11-2-4-13(20)17(22)16(11)21/h2-5,12,14H,6-10H2,1H3/b5-3+/t14-/m0/s1. The maximum atomic E-state index is 13.7. The van der Waals surface area contributed by atoms with Gasteiger partial charge in [-0.2, -0.15) is 0 Å². The van der Waals surface area contributed by atoms with E-state index < -0.39 is 41.5 Å². The largest absolute Gasteiger partial charge is 0.467 e. The molecule has 0 unspecified atom stereocenters. The Morgan fingerprint density at radius 2 is 1.86 bits per heavy atom. The molecular formula is C19H19F3N2O5. The summed E-state index contributed by atoms with van der Waals surface area (Å²) in [5.74, 6) is -5.27. The third-order valence-electron chi connectivity index (χ3n) is 5.02. The smallest absolute Gasteiger partial charge is 0.410 e. The van der Waals surface area contributed by atoms with Crippen LogP contribution in [0, 0.1) is 17.5 Å². The van der Waals surface area contributed by atoms with Gasteiger partial charge in [0.15, 0.2) is 23.5 Å². The fraction of sp³-hybridized carbons (Fsp3) is 0.421. The second kappa shape index (κ2) is 8.54. The van der Waals surface area contributed by atoms with Crippen LogP contribution in [-0.2, 0) is 19.1 Å². The summed E-state index contributed by atoms with van der Waals surface area (Å²) >= 11 is 0. The van der Waals surface area contributed by atoms with Gasteiger partial charge in [-0.05, 0) is 31.1 Å². The van der Waals surface area contributed by atoms with E-state index in [4.69, 9.17) is 9.47 Å². The van der Waals surface area contributed by atoms with Gasteiger partial charge in [-0.1, -0.05) is 0 Å². The lowest BCUT2D eigenvalue weighted by Gasteiger charge is -2.36. The first-order chi connectivity index (χ1) is 13.8. The number of carbonyl (C=O) groups is 3. The topological polar surface area (TPSA) is 76.2 Å². The molecule has 0 bridgehead atoms. The van der Waals surface area contributed by atoms with Crippen molar-refractivity contribution in [2.75, 3.05) is 26.8 Å². The number of likely N-dealkylation sites (tertiary alicyclic amines) is 1. The highest BCUT2D eigenvalue weighted by atomic mass is 19.2. The zero-order valence-corrected chi connectivity index (χ0v) is 15.6. The Labute approximate surface area is 164 Å². The number of ether oxygens (including phenoxy) is 2. The molecule has 2 saturated heterocycles. The average molecular weight is 412 g/mol. The van der Waals surface area contributed by atoms with E-state index in [0.717, 1.165) is 24.3 Å². The number of nitrogens with zero attached hydrogens (tertiary/aromatic N) is 2. The van der Waals surface area contributed by atoms with Crippen LogP contribution >= 0.6 is 0 Å². The van der Waals surface area contributed by atoms with Crippen molar-refractivity contribution in [2.24, 2.45) is 0 Å². The lowest BCUT2D eigenvalue weighted by molar-refractivity contribution is -0.146. The molecule has 0 N–H and O–H groups in total. The van der Waals surface area contributed by atoms with Crippen LogP contribution in [0.5, 0.6) is 0 Å². The van der Waals surface area contributed by atoms with Crippen LogP contribution in [0.4, 0.5) is 18.0 Å². The Hall–Kier alpha value is -3.04. The lowest BCUT2D eigenvalue weighted by Crippen LogP contribution is -2.51. The fourth-order valence-electron chi connectivity index (χ4n) is 3.45. The summed E-state index contributed by atoms with van der Waals surface area (Å²) in [6.45, 7) is 0.519. The third-order valence-corrected chi connectivity index (χ3v) is 5.02. The van der Waals surface area contributed by atoms with E-state index in [1.807, 2.05) is 0 Å². The molecule has 1 aromatic rings. The van der Waals surface area contributed by atoms with Crippen molar-refractivity contribution in [3.63, 3.8) is 0 Å². The number of methoxy groups -OCH3 is 1. The molecule has 0 saturated carbocycles. The molecule has 0 radical (unpaired) electrons. The SMILES string of the molecule is COC(=O)[C@@H]1COC(=O)N1C1CCN(C(=O)/C=C/c2ccc(F)c(F)c2F)CC1. The van der Waals surface area contributed by atoms with E-state index in [2.05, 4.69) is 0 Å². The zero-order chi connectivity index (χ0) is 21.1. The van der Waals surface area contributed by atoms with E-state index in [1.54, 1.807) is 0 Å². The summed E-state index contributed by atoms with van der Waals surface area (Å²) in [5, 5.41) is 0. The lowest BCUT2D eigenvalue weighted by atomic mass is 10.0. The van der Waals surface area contributed by atoms with E-state index in [-0.39, 0.29) is 18.2 Å². The zero-order valence-electron chi connectivity index (χ0n) is 15.6. The Balaban J connectivity index is 1.60. The average Bonchev–Trinajstić information content (AvgIpc) is 3.12. The van der Waals surface area contributed by atoms with Crippen molar-refractivity contribution in [1.29, 1.82) is 0 Å². The summed E-state index contributed by atoms with van der Waals surface area (Å²) in [5.41, 5.74) is -0.243. The van der Waals surface area contributed by atoms with Crippen LogP contribution < -0.4 is 0 Å². The Kier molecular flexibility index (Phi) is 6.09. The molecule has 2 aliphatic rings. The third kappa shape index (κ3) is 4.20. The number of hydrogen-bond acceptors (Lipinski definition) is 5. The van der Waals surface area contributed by atoms with Gasteiger partial charge in [-0.3, -0.25) is 9.69 Å². The highest BCUT2D eigenvalue weighted by molar-refractivity contribution is 5.92. The Bertz CT molecular complexity index is 852. The molecule has 2 amide bonds. The Morgan fingerprint density at radius 3 is 2.52 bits per heavy atom. The highest BCUT2D eigenvalue weighted by Gasteiger charge is 2.44. The van der Waals surface area contributed by atoms with Crippen molar-refractivity contribution in [3.8, 4) is 0 Å². The van der Waals surface area contributed by atoms with E-state index in [1.165, 1.54) is 16.9 Å². The molecule has 2 fully saturated rings. The normalized spacial score (nSPS) is 20.3. The van der Waals surface area contributed by atoms with E-state index in [0.29, 0.717) is 25.9 Å². The second-order valence-corrected chi connectivity index (χ2v) is 6.68. The molecule has 29 heavy (non-hydrogen) atoms. The molecular weight excluding hydrogens is 393 g/mol. The molecule has 0 aliphatic carbocycles. The second-order valence-electron chi connectivity index (χ2n) is 6.68. The minimum atomic E-state index is -1.60. The van der Waals surface area contributed by atoms with Gasteiger partial charge in [-0.15, -0.1) is 0 Å². The van der Waals surface area contributed by atoms with E-state index in [9.17, 15) is 27.6 Å². The maximum absolute atomic E-state index is 13.7. The minimum Gasteiger partial charge on any atom is -0.467 e. The number of cyclic esters (lactones) is 1. The summed E-state index contributed by atoms with van der Waals surface area (Å²) in [7, 11) is 1.23. The van der Waals surface area contributed by atoms with Gasteiger partial charge < -0.3 is 14.4 Å². The summed E-state index contributed by atoms with van der Waals surface area (Å²) in [6, 6.07) is 0.720. The number of carbonyl (C=O) groups excluding carboxylic acids is 3. The van der Waals surface area contributed by atoms with Gasteiger partial charge in [0, 0.05) is 30.8 Å². The molecule has 3 rings (SSSR count). The molecule has 156 valence electrons. The predicted octanol–water partition coefficient (Wildman–Crippen LogP) is 2.10. The van der Waals surface area contributed by atoms with E-state index >= 15 is 0 Å². The van der Waals surface area contributed by atoms with Gasteiger partial charge in [0.2, 0.25) is 5.91 Å². The molecule has 10 heteroatoms. The monoisotopic (exact) mass is 412 g/mol. The molecule has 1 aromatic carbocycles. The molecule has 0 spiro atoms. The maximum Gasteiger partial charge on any atom is 0.410 e. The highest BCUT2D eigenvalue weighted by Crippen LogP contribution is 2.25. The van der Waals surface area contributed by atoms with Crippen molar-refractivity contribution in [1.82, 2.24) is 9.80 Å². The molecule has 2 heterocycles. The quantitative estimate of drug-likeness (QED) is 0.430. The van der Waals surface area contributed by atoms with Crippen LogP contribution in [0.25, 0.3) is 6.08 Å². The molecule has 0 aromatic heterocycles. The summed E-state index contributed by atoms with van der Waals surface area (Å²) in [4.78, 5) is 38.9. The first kappa shape index (κ1) is 20.7. The van der Waals surface area contributed by atoms with Crippen molar-refractivity contribution in [3.05, 3.63) is 41.2 Å². The van der Waals surface area contributed by atoms with Crippen LogP contribution in [0.2, 0.25) is 0 Å². The Morgan fingerprint density at radius 1 is 1.17 bits per heavy atom. The summed E-state index contributed by atoms with van der Waals surface area (Å²) < 4.78 is 49.5. The molecule has 2 aliphatic heterocycles. The number of piperidine rings is 1. The number of hydrogen-bond donors (Lipinski definition) is 0. The van der Waals surface area contributed by atoms with Gasteiger partial charge in [0.1, 0.15) is 6.61 Å². The van der Waals surface area contributed by atoms with Crippen LogP contribution in [-0.4, -0.2) is 66.7 Å². The van der Waals surface area contributed by atoms with Gasteiger partial charge in [0.25, 0.3) is 0 Å². The number of halogens is 3. The van der Waals surface area contributed by atoms with Crippen LogP contribution in [0.1, 0.15) is 18.4 Å². The number of rotatable bonds is 4. The first-order valence-electron chi connectivity index (χ1n) is 8.97.